The second-order valence-electron chi connectivity index (χ2n) is 8.51. The van der Waals surface area contributed by atoms with Gasteiger partial charge in [-0.25, -0.2) is 4.98 Å². The zero-order valence-electron chi connectivity index (χ0n) is 17.3. The third kappa shape index (κ3) is 3.57. The van der Waals surface area contributed by atoms with E-state index in [0.29, 0.717) is 10.9 Å². The molecule has 0 fully saturated rings. The normalized spacial score (nSPS) is 20.3. The summed E-state index contributed by atoms with van der Waals surface area (Å²) in [5.41, 5.74) is 4.24. The molecule has 150 valence electrons. The second kappa shape index (κ2) is 7.34. The van der Waals surface area contributed by atoms with Gasteiger partial charge in [0.05, 0.1) is 5.75 Å². The zero-order chi connectivity index (χ0) is 20.6. The Kier molecular flexibility index (Phi) is 4.99. The Balaban J connectivity index is 1.73. The van der Waals surface area contributed by atoms with Crippen LogP contribution >= 0.6 is 11.8 Å². The van der Waals surface area contributed by atoms with Crippen LogP contribution < -0.4 is 4.90 Å². The predicted octanol–water partition coefficient (Wildman–Crippen LogP) is 4.73. The molecule has 1 N–H and O–H groups in total. The van der Waals surface area contributed by atoms with Crippen LogP contribution in [0.3, 0.4) is 0 Å². The van der Waals surface area contributed by atoms with Crippen LogP contribution in [0.4, 0.5) is 5.69 Å². The maximum atomic E-state index is 13.3. The van der Waals surface area contributed by atoms with E-state index in [0.717, 1.165) is 12.1 Å². The number of aryl methyl sites for hydroxylation is 1. The van der Waals surface area contributed by atoms with Crippen molar-refractivity contribution >= 4 is 23.4 Å². The second-order valence-corrected chi connectivity index (χ2v) is 9.48. The maximum Gasteiger partial charge on any atom is 0.237 e. The van der Waals surface area contributed by atoms with E-state index in [9.17, 15) is 4.79 Å². The summed E-state index contributed by atoms with van der Waals surface area (Å²) in [5, 5.41) is 7.32. The topological polar surface area (TPSA) is 61.9 Å². The van der Waals surface area contributed by atoms with Crippen molar-refractivity contribution in [2.45, 2.75) is 50.2 Å². The van der Waals surface area contributed by atoms with Crippen LogP contribution in [-0.4, -0.2) is 32.4 Å². The third-order valence-electron chi connectivity index (χ3n) is 5.79. The number of nitrogens with one attached hydrogen (secondary N) is 1. The summed E-state index contributed by atoms with van der Waals surface area (Å²) >= 11 is 1.38. The minimum absolute atomic E-state index is 0.0785. The van der Waals surface area contributed by atoms with E-state index in [1.54, 1.807) is 0 Å². The number of aromatic nitrogens is 3. The van der Waals surface area contributed by atoms with Gasteiger partial charge in [0, 0.05) is 16.6 Å². The molecule has 0 saturated heterocycles. The molecule has 2 aromatic carbocycles. The number of anilines is 1. The van der Waals surface area contributed by atoms with Gasteiger partial charge in [0.15, 0.2) is 5.16 Å². The Morgan fingerprint density at radius 3 is 2.55 bits per heavy atom. The molecule has 4 rings (SSSR count). The molecular weight excluding hydrogens is 380 g/mol. The summed E-state index contributed by atoms with van der Waals surface area (Å²) in [7, 11) is 0. The van der Waals surface area contributed by atoms with Crippen molar-refractivity contribution in [2.24, 2.45) is 0 Å². The highest BCUT2D eigenvalue weighted by Gasteiger charge is 2.47. The molecule has 1 aliphatic rings. The number of H-pyrrole nitrogens is 1. The largest absolute Gasteiger partial charge is 0.306 e. The van der Waals surface area contributed by atoms with Crippen LogP contribution in [0.15, 0.2) is 60.0 Å². The van der Waals surface area contributed by atoms with E-state index in [4.69, 9.17) is 0 Å². The minimum atomic E-state index is -0.326. The Morgan fingerprint density at radius 1 is 1.14 bits per heavy atom. The Labute approximate surface area is 175 Å². The van der Waals surface area contributed by atoms with Crippen LogP contribution in [0.1, 0.15) is 43.9 Å². The van der Waals surface area contributed by atoms with Crippen molar-refractivity contribution < 1.29 is 4.79 Å². The van der Waals surface area contributed by atoms with Crippen molar-refractivity contribution in [3.8, 4) is 0 Å². The Bertz CT molecular complexity index is 1010. The van der Waals surface area contributed by atoms with Crippen molar-refractivity contribution in [1.29, 1.82) is 0 Å². The monoisotopic (exact) mass is 406 g/mol. The number of benzene rings is 2. The number of hydrogen-bond donors (Lipinski definition) is 1. The fraction of sp³-hybridized carbons (Fsp3) is 0.348. The van der Waals surface area contributed by atoms with Gasteiger partial charge in [-0.1, -0.05) is 66.7 Å². The highest BCUT2D eigenvalue weighted by molar-refractivity contribution is 7.99. The fourth-order valence-corrected chi connectivity index (χ4v) is 5.24. The number of amides is 1. The minimum Gasteiger partial charge on any atom is -0.306 e. The molecule has 0 spiro atoms. The quantitative estimate of drug-likeness (QED) is 0.637. The highest BCUT2D eigenvalue weighted by Crippen LogP contribution is 2.50. The molecule has 0 aliphatic carbocycles. The van der Waals surface area contributed by atoms with E-state index in [1.807, 2.05) is 11.0 Å². The smallest absolute Gasteiger partial charge is 0.237 e. The molecule has 0 saturated carbocycles. The number of thioether (sulfide) groups is 1. The lowest BCUT2D eigenvalue weighted by Crippen LogP contribution is -2.56. The van der Waals surface area contributed by atoms with Gasteiger partial charge < -0.3 is 4.90 Å². The first-order valence-electron chi connectivity index (χ1n) is 9.79. The summed E-state index contributed by atoms with van der Waals surface area (Å²) < 4.78 is 0. The zero-order valence-corrected chi connectivity index (χ0v) is 18.1. The van der Waals surface area contributed by atoms with Crippen LogP contribution in [0, 0.1) is 6.92 Å². The molecule has 0 radical (unpaired) electrons. The van der Waals surface area contributed by atoms with Gasteiger partial charge in [-0.3, -0.25) is 9.89 Å². The summed E-state index contributed by atoms with van der Waals surface area (Å²) in [5.74, 6) is 0.392. The average molecular weight is 407 g/mol. The van der Waals surface area contributed by atoms with Crippen LogP contribution in [0.5, 0.6) is 0 Å². The highest BCUT2D eigenvalue weighted by atomic mass is 32.2. The lowest BCUT2D eigenvalue weighted by Gasteiger charge is -2.51. The molecule has 1 aromatic heterocycles. The van der Waals surface area contributed by atoms with Crippen LogP contribution in [0.25, 0.3) is 0 Å². The number of para-hydroxylation sites is 1. The van der Waals surface area contributed by atoms with Gasteiger partial charge in [-0.15, -0.1) is 0 Å². The summed E-state index contributed by atoms with van der Waals surface area (Å²) in [4.78, 5) is 19.4. The van der Waals surface area contributed by atoms with Gasteiger partial charge in [-0.2, -0.15) is 5.10 Å². The van der Waals surface area contributed by atoms with Crippen molar-refractivity contribution in [3.63, 3.8) is 0 Å². The van der Waals surface area contributed by atoms with Crippen molar-refractivity contribution in [1.82, 2.24) is 15.2 Å². The SMILES string of the molecule is Cc1ccc(C2(C)CC(C)(C)N(C(=O)CSc3ncn[nH]3)c3ccccc32)cc1. The van der Waals surface area contributed by atoms with Gasteiger partial charge in [-0.05, 0) is 44.4 Å². The molecule has 0 bridgehead atoms. The molecule has 2 heterocycles. The number of nitrogens with zero attached hydrogens (tertiary/aromatic N) is 3. The fourth-order valence-electron chi connectivity index (χ4n) is 4.61. The number of aromatic amines is 1. The Morgan fingerprint density at radius 2 is 1.86 bits per heavy atom. The van der Waals surface area contributed by atoms with Crippen LogP contribution in [0.2, 0.25) is 0 Å². The van der Waals surface area contributed by atoms with E-state index in [-0.39, 0.29) is 16.9 Å². The number of rotatable bonds is 4. The number of hydrogen-bond acceptors (Lipinski definition) is 4. The third-order valence-corrected chi connectivity index (χ3v) is 6.66. The number of carbonyl (C=O) groups is 1. The summed E-state index contributed by atoms with van der Waals surface area (Å²) in [6.07, 6.45) is 2.30. The first kappa shape index (κ1) is 19.7. The van der Waals surface area contributed by atoms with Gasteiger partial charge in [0.1, 0.15) is 6.33 Å². The Hall–Kier alpha value is -2.60. The molecule has 1 aliphatic heterocycles. The molecular formula is C23H26N4OS. The average Bonchev–Trinajstić information content (AvgIpc) is 3.20. The summed E-state index contributed by atoms with van der Waals surface area (Å²) in [6.45, 7) is 8.72. The number of carbonyl (C=O) groups excluding carboxylic acids is 1. The standard InChI is InChI=1S/C23H26N4OS/c1-16-9-11-17(12-10-16)23(4)14-22(2,3)27(19-8-6-5-7-18(19)23)20(28)13-29-21-24-15-25-26-21/h5-12,15H,13-14H2,1-4H3,(H,24,25,26). The molecule has 3 aromatic rings. The summed E-state index contributed by atoms with van der Waals surface area (Å²) in [6, 6.07) is 17.1. The number of fused-ring (bicyclic) bond motifs is 1. The molecule has 1 unspecified atom stereocenters. The maximum absolute atomic E-state index is 13.3. The van der Waals surface area contributed by atoms with Crippen molar-refractivity contribution in [2.75, 3.05) is 10.7 Å². The van der Waals surface area contributed by atoms with E-state index in [2.05, 4.69) is 85.3 Å². The first-order valence-corrected chi connectivity index (χ1v) is 10.8. The van der Waals surface area contributed by atoms with Crippen molar-refractivity contribution in [3.05, 3.63) is 71.5 Å². The lowest BCUT2D eigenvalue weighted by molar-refractivity contribution is -0.117. The lowest BCUT2D eigenvalue weighted by atomic mass is 9.65. The molecule has 6 heteroatoms. The van der Waals surface area contributed by atoms with Crippen LogP contribution in [-0.2, 0) is 10.2 Å². The predicted molar refractivity (Wildman–Crippen MR) is 117 cm³/mol. The molecule has 29 heavy (non-hydrogen) atoms. The molecule has 1 atom stereocenters. The molecule has 5 nitrogen and oxygen atoms in total. The van der Waals surface area contributed by atoms with E-state index >= 15 is 0 Å². The molecule has 1 amide bonds. The van der Waals surface area contributed by atoms with Gasteiger partial charge >= 0.3 is 0 Å². The van der Waals surface area contributed by atoms with Gasteiger partial charge in [0.25, 0.3) is 0 Å². The van der Waals surface area contributed by atoms with E-state index in [1.165, 1.54) is 34.8 Å². The van der Waals surface area contributed by atoms with E-state index < -0.39 is 0 Å². The van der Waals surface area contributed by atoms with Gasteiger partial charge in [0.2, 0.25) is 5.91 Å². The first-order chi connectivity index (χ1) is 13.8.